The second kappa shape index (κ2) is 7.22. The Labute approximate surface area is 157 Å². The highest BCUT2D eigenvalue weighted by Crippen LogP contribution is 2.29. The maximum atomic E-state index is 12.6. The molecule has 1 aromatic heterocycles. The topological polar surface area (TPSA) is 93.7 Å². The van der Waals surface area contributed by atoms with E-state index in [0.717, 1.165) is 5.56 Å². The summed E-state index contributed by atoms with van der Waals surface area (Å²) in [6.07, 6.45) is 2.53. The van der Waals surface area contributed by atoms with Gasteiger partial charge in [-0.1, -0.05) is 0 Å². The Kier molecular flexibility index (Phi) is 4.98. The minimum atomic E-state index is -0.562. The minimum Gasteiger partial charge on any atom is -0.497 e. The van der Waals surface area contributed by atoms with Crippen LogP contribution in [-0.4, -0.2) is 34.7 Å². The van der Waals surface area contributed by atoms with Crippen molar-refractivity contribution in [3.8, 4) is 5.75 Å². The number of nitrogens with one attached hydrogen (secondary N) is 1. The minimum absolute atomic E-state index is 0.124. The van der Waals surface area contributed by atoms with E-state index in [9.17, 15) is 9.59 Å². The number of ether oxygens (including phenoxy) is 2. The van der Waals surface area contributed by atoms with Crippen LogP contribution in [0.15, 0.2) is 30.6 Å². The summed E-state index contributed by atoms with van der Waals surface area (Å²) in [4.78, 5) is 34.4. The number of alkyl carbamates (subject to hydrolysis) is 1. The predicted octanol–water partition coefficient (Wildman–Crippen LogP) is 2.67. The van der Waals surface area contributed by atoms with E-state index < -0.39 is 11.7 Å². The Bertz CT molecular complexity index is 859. The molecule has 2 amide bonds. The molecular weight excluding hydrogens is 348 g/mol. The lowest BCUT2D eigenvalue weighted by molar-refractivity contribution is 0.0522. The highest BCUT2D eigenvalue weighted by molar-refractivity contribution is 6.09. The van der Waals surface area contributed by atoms with Crippen molar-refractivity contribution < 1.29 is 19.1 Å². The van der Waals surface area contributed by atoms with Crippen molar-refractivity contribution in [1.29, 1.82) is 0 Å². The van der Waals surface area contributed by atoms with Crippen LogP contribution in [0, 0.1) is 0 Å². The molecule has 8 heteroatoms. The first-order chi connectivity index (χ1) is 12.8. The summed E-state index contributed by atoms with van der Waals surface area (Å²) in [6.45, 7) is 5.98. The molecule has 2 heterocycles. The van der Waals surface area contributed by atoms with Gasteiger partial charge in [-0.2, -0.15) is 0 Å². The van der Waals surface area contributed by atoms with E-state index in [2.05, 4.69) is 15.3 Å². The van der Waals surface area contributed by atoms with Crippen LogP contribution >= 0.6 is 0 Å². The number of carbonyl (C=O) groups is 2. The van der Waals surface area contributed by atoms with Crippen molar-refractivity contribution in [3.05, 3.63) is 47.4 Å². The summed E-state index contributed by atoms with van der Waals surface area (Å²) in [7, 11) is 1.59. The predicted molar refractivity (Wildman–Crippen MR) is 98.6 cm³/mol. The number of amides is 2. The van der Waals surface area contributed by atoms with E-state index in [-0.39, 0.29) is 12.5 Å². The average molecular weight is 370 g/mol. The first-order valence-electron chi connectivity index (χ1n) is 8.53. The Balaban J connectivity index is 1.64. The lowest BCUT2D eigenvalue weighted by Gasteiger charge is -2.19. The number of aromatic nitrogens is 2. The quantitative estimate of drug-likeness (QED) is 0.889. The number of hydrogen-bond acceptors (Lipinski definition) is 6. The Morgan fingerprint density at radius 3 is 2.67 bits per heavy atom. The molecule has 0 fully saturated rings. The summed E-state index contributed by atoms with van der Waals surface area (Å²) in [5.41, 5.74) is 1.52. The number of hydrogen-bond donors (Lipinski definition) is 1. The van der Waals surface area contributed by atoms with Crippen LogP contribution in [-0.2, 0) is 17.8 Å². The lowest BCUT2D eigenvalue weighted by atomic mass is 10.1. The highest BCUT2D eigenvalue weighted by atomic mass is 16.6. The largest absolute Gasteiger partial charge is 0.497 e. The number of nitrogens with zero attached hydrogens (tertiary/aromatic N) is 3. The molecule has 142 valence electrons. The van der Waals surface area contributed by atoms with Crippen molar-refractivity contribution in [3.63, 3.8) is 0 Å². The van der Waals surface area contributed by atoms with Crippen molar-refractivity contribution in [2.24, 2.45) is 0 Å². The van der Waals surface area contributed by atoms with Crippen molar-refractivity contribution in [2.45, 2.75) is 39.5 Å². The number of rotatable bonds is 4. The van der Waals surface area contributed by atoms with Crippen LogP contribution in [0.3, 0.4) is 0 Å². The fraction of sp³-hybridized carbons (Fsp3) is 0.368. The molecule has 1 aliphatic rings. The second-order valence-electron chi connectivity index (χ2n) is 7.14. The third kappa shape index (κ3) is 4.33. The summed E-state index contributed by atoms with van der Waals surface area (Å²) in [5, 5.41) is 2.62. The summed E-state index contributed by atoms with van der Waals surface area (Å²) in [5.74, 6) is 1.04. The van der Waals surface area contributed by atoms with Crippen LogP contribution in [0.4, 0.5) is 10.6 Å². The van der Waals surface area contributed by atoms with Crippen molar-refractivity contribution >= 4 is 17.8 Å². The van der Waals surface area contributed by atoms with E-state index in [1.165, 1.54) is 12.4 Å². The van der Waals surface area contributed by atoms with Gasteiger partial charge in [-0.25, -0.2) is 9.78 Å². The zero-order valence-electron chi connectivity index (χ0n) is 15.8. The molecule has 0 spiro atoms. The smallest absolute Gasteiger partial charge is 0.407 e. The van der Waals surface area contributed by atoms with Gasteiger partial charge in [0.15, 0.2) is 5.82 Å². The zero-order chi connectivity index (χ0) is 19.6. The lowest BCUT2D eigenvalue weighted by Crippen LogP contribution is -2.32. The van der Waals surface area contributed by atoms with Gasteiger partial charge in [-0.15, -0.1) is 0 Å². The van der Waals surface area contributed by atoms with E-state index in [4.69, 9.17) is 9.47 Å². The van der Waals surface area contributed by atoms with Gasteiger partial charge in [0, 0.05) is 5.56 Å². The maximum Gasteiger partial charge on any atom is 0.407 e. The molecule has 2 aromatic rings. The molecule has 0 saturated heterocycles. The zero-order valence-corrected chi connectivity index (χ0v) is 15.8. The maximum absolute atomic E-state index is 12.6. The first kappa shape index (κ1) is 18.6. The molecule has 1 aromatic carbocycles. The summed E-state index contributed by atoms with van der Waals surface area (Å²) in [6, 6.07) is 5.36. The molecule has 8 nitrogen and oxygen atoms in total. The van der Waals surface area contributed by atoms with Crippen LogP contribution < -0.4 is 15.0 Å². The highest BCUT2D eigenvalue weighted by Gasteiger charge is 2.29. The Hall–Kier alpha value is -3.16. The molecule has 0 unspecified atom stereocenters. The van der Waals surface area contributed by atoms with Crippen LogP contribution in [0.5, 0.6) is 5.75 Å². The Morgan fingerprint density at radius 2 is 2.04 bits per heavy atom. The van der Waals surface area contributed by atoms with Crippen molar-refractivity contribution in [1.82, 2.24) is 15.3 Å². The SMILES string of the molecule is COc1ccc2c(c1)CN(c1cnc(CNC(=O)OC(C)(C)C)cn1)C2=O. The van der Waals surface area contributed by atoms with E-state index in [1.807, 2.05) is 6.07 Å². The molecule has 1 aliphatic heterocycles. The van der Waals surface area contributed by atoms with Gasteiger partial charge in [0.25, 0.3) is 5.91 Å². The van der Waals surface area contributed by atoms with Gasteiger partial charge in [-0.05, 0) is 44.5 Å². The van der Waals surface area contributed by atoms with Crippen molar-refractivity contribution in [2.75, 3.05) is 12.0 Å². The van der Waals surface area contributed by atoms with Gasteiger partial charge >= 0.3 is 6.09 Å². The molecular formula is C19H22N4O4. The van der Waals surface area contributed by atoms with Crippen LogP contribution in [0.1, 0.15) is 42.4 Å². The third-order valence-electron chi connectivity index (χ3n) is 3.90. The molecule has 0 bridgehead atoms. The van der Waals surface area contributed by atoms with Gasteiger partial charge in [0.05, 0.1) is 38.3 Å². The first-order valence-corrected chi connectivity index (χ1v) is 8.53. The standard InChI is InChI=1S/C19H22N4O4/c1-19(2,3)27-18(25)22-9-13-8-21-16(10-20-13)23-11-12-7-14(26-4)5-6-15(12)17(23)24/h5-8,10H,9,11H2,1-4H3,(H,22,25). The number of anilines is 1. The van der Waals surface area contributed by atoms with E-state index >= 15 is 0 Å². The van der Waals surface area contributed by atoms with Gasteiger partial charge < -0.3 is 14.8 Å². The van der Waals surface area contributed by atoms with Crippen LogP contribution in [0.2, 0.25) is 0 Å². The van der Waals surface area contributed by atoms with Crippen LogP contribution in [0.25, 0.3) is 0 Å². The van der Waals surface area contributed by atoms with E-state index in [1.54, 1.807) is 44.9 Å². The van der Waals surface area contributed by atoms with Gasteiger partial charge in [0.2, 0.25) is 0 Å². The monoisotopic (exact) mass is 370 g/mol. The Morgan fingerprint density at radius 1 is 1.26 bits per heavy atom. The number of methoxy groups -OCH3 is 1. The number of fused-ring (bicyclic) bond motifs is 1. The third-order valence-corrected chi connectivity index (χ3v) is 3.90. The normalized spacial score (nSPS) is 13.3. The van der Waals surface area contributed by atoms with E-state index in [0.29, 0.717) is 29.4 Å². The average Bonchev–Trinajstić information content (AvgIpc) is 2.95. The second-order valence-corrected chi connectivity index (χ2v) is 7.14. The number of carbonyl (C=O) groups excluding carboxylic acids is 2. The molecule has 0 atom stereocenters. The molecule has 27 heavy (non-hydrogen) atoms. The molecule has 0 aliphatic carbocycles. The van der Waals surface area contributed by atoms with Gasteiger partial charge in [-0.3, -0.25) is 14.7 Å². The summed E-state index contributed by atoms with van der Waals surface area (Å²) >= 11 is 0. The molecule has 0 radical (unpaired) electrons. The van der Waals surface area contributed by atoms with Gasteiger partial charge in [0.1, 0.15) is 11.4 Å². The fourth-order valence-corrected chi connectivity index (χ4v) is 2.66. The summed E-state index contributed by atoms with van der Waals surface area (Å²) < 4.78 is 10.4. The molecule has 1 N–H and O–H groups in total. The molecule has 3 rings (SSSR count). The number of benzene rings is 1. The fourth-order valence-electron chi connectivity index (χ4n) is 2.66. The molecule has 0 saturated carbocycles.